The Kier molecular flexibility index (Phi) is 5.97. The molecule has 0 saturated heterocycles. The van der Waals surface area contributed by atoms with Gasteiger partial charge in [-0.1, -0.05) is 23.7 Å². The number of halogens is 1. The van der Waals surface area contributed by atoms with Gasteiger partial charge in [0.25, 0.3) is 0 Å². The van der Waals surface area contributed by atoms with Crippen LogP contribution in [0.25, 0.3) is 0 Å². The number of nitrogens with zero attached hydrogens (tertiary/aromatic N) is 4. The number of anilines is 2. The van der Waals surface area contributed by atoms with Gasteiger partial charge < -0.3 is 20.9 Å². The number of nitrogens with two attached hydrogens (primary N) is 1. The molecule has 8 heteroatoms. The van der Waals surface area contributed by atoms with Gasteiger partial charge in [0.2, 0.25) is 5.95 Å². The van der Waals surface area contributed by atoms with Gasteiger partial charge in [-0.3, -0.25) is 0 Å². The zero-order valence-electron chi connectivity index (χ0n) is 18.4. The van der Waals surface area contributed by atoms with Gasteiger partial charge in [0.1, 0.15) is 5.82 Å². The van der Waals surface area contributed by atoms with Crippen LogP contribution in [-0.2, 0) is 5.54 Å². The van der Waals surface area contributed by atoms with Crippen molar-refractivity contribution in [1.82, 2.24) is 14.9 Å². The highest BCUT2D eigenvalue weighted by Crippen LogP contribution is 2.53. The van der Waals surface area contributed by atoms with Crippen molar-refractivity contribution >= 4 is 29.4 Å². The highest BCUT2D eigenvalue weighted by atomic mass is 35.5. The fourth-order valence-corrected chi connectivity index (χ4v) is 5.03. The van der Waals surface area contributed by atoms with E-state index in [0.29, 0.717) is 11.0 Å². The zero-order valence-corrected chi connectivity index (χ0v) is 19.2. The van der Waals surface area contributed by atoms with Gasteiger partial charge >= 0.3 is 6.03 Å². The van der Waals surface area contributed by atoms with Crippen LogP contribution in [0.3, 0.4) is 0 Å². The van der Waals surface area contributed by atoms with Crippen LogP contribution in [0.1, 0.15) is 49.7 Å². The number of rotatable bonds is 6. The summed E-state index contributed by atoms with van der Waals surface area (Å²) in [5.41, 5.74) is 7.80. The number of hydrogen-bond donors (Lipinski definition) is 2. The predicted molar refractivity (Wildman–Crippen MR) is 125 cm³/mol. The number of primary amides is 1. The molecule has 1 aromatic heterocycles. The van der Waals surface area contributed by atoms with Crippen molar-refractivity contribution in [3.8, 4) is 0 Å². The van der Waals surface area contributed by atoms with E-state index in [4.69, 9.17) is 17.3 Å². The molecule has 4 rings (SSSR count). The summed E-state index contributed by atoms with van der Waals surface area (Å²) < 4.78 is 0. The van der Waals surface area contributed by atoms with Gasteiger partial charge in [0, 0.05) is 43.0 Å². The lowest BCUT2D eigenvalue weighted by molar-refractivity contribution is 0.116. The average molecular weight is 443 g/mol. The number of amides is 2. The summed E-state index contributed by atoms with van der Waals surface area (Å²) in [4.78, 5) is 25.6. The van der Waals surface area contributed by atoms with E-state index in [9.17, 15) is 4.79 Å². The first-order valence-corrected chi connectivity index (χ1v) is 11.3. The molecule has 7 nitrogen and oxygen atoms in total. The fraction of sp³-hybridized carbons (Fsp3) is 0.522. The smallest absolute Gasteiger partial charge is 0.315 e. The molecule has 2 aliphatic carbocycles. The quantitative estimate of drug-likeness (QED) is 0.696. The first-order valence-electron chi connectivity index (χ1n) is 10.9. The second-order valence-corrected chi connectivity index (χ2v) is 9.43. The molecule has 2 aliphatic rings. The van der Waals surface area contributed by atoms with Crippen molar-refractivity contribution in [2.24, 2.45) is 5.73 Å². The maximum atomic E-state index is 12.5. The molecule has 166 valence electrons. The molecule has 2 amide bonds. The second kappa shape index (κ2) is 8.54. The Morgan fingerprint density at radius 1 is 1.16 bits per heavy atom. The van der Waals surface area contributed by atoms with Crippen LogP contribution in [0.5, 0.6) is 0 Å². The van der Waals surface area contributed by atoms with E-state index in [2.05, 4.69) is 15.3 Å². The summed E-state index contributed by atoms with van der Waals surface area (Å²) >= 11 is 6.07. The summed E-state index contributed by atoms with van der Waals surface area (Å²) in [6.07, 6.45) is 7.44. The Balaban J connectivity index is 1.43. The Bertz CT molecular complexity index is 936. The molecule has 2 fully saturated rings. The summed E-state index contributed by atoms with van der Waals surface area (Å²) in [5.74, 6) is 1.58. The van der Waals surface area contributed by atoms with Crippen molar-refractivity contribution < 1.29 is 4.79 Å². The minimum Gasteiger partial charge on any atom is -0.362 e. The lowest BCUT2D eigenvalue weighted by Crippen LogP contribution is -2.52. The van der Waals surface area contributed by atoms with Crippen LogP contribution in [-0.4, -0.2) is 47.1 Å². The standard InChI is InChI=1S/C23H31ClN6O/c1-15-14-26-22(28-20(15)29(2)3)27-18-8-10-19(11-9-18)30(21(25)31)23(12-13-23)16-4-6-17(24)7-5-16/h4-7,14,18-19H,8-13H2,1-3H3,(H2,25,31)(H,26,27,28)/t18-,19+. The molecule has 0 atom stereocenters. The summed E-state index contributed by atoms with van der Waals surface area (Å²) in [6.45, 7) is 2.01. The Morgan fingerprint density at radius 2 is 1.81 bits per heavy atom. The number of hydrogen-bond acceptors (Lipinski definition) is 5. The van der Waals surface area contributed by atoms with E-state index in [-0.39, 0.29) is 23.7 Å². The summed E-state index contributed by atoms with van der Waals surface area (Å²) in [5, 5.41) is 4.19. The van der Waals surface area contributed by atoms with Gasteiger partial charge in [0.05, 0.1) is 5.54 Å². The van der Waals surface area contributed by atoms with Crippen LogP contribution < -0.4 is 16.0 Å². The molecule has 0 spiro atoms. The third kappa shape index (κ3) is 4.42. The van der Waals surface area contributed by atoms with Crippen LogP contribution in [0.2, 0.25) is 5.02 Å². The average Bonchev–Trinajstić information content (AvgIpc) is 3.52. The highest BCUT2D eigenvalue weighted by Gasteiger charge is 2.53. The van der Waals surface area contributed by atoms with Gasteiger partial charge in [-0.2, -0.15) is 4.98 Å². The van der Waals surface area contributed by atoms with Crippen molar-refractivity contribution in [1.29, 1.82) is 0 Å². The fourth-order valence-electron chi connectivity index (χ4n) is 4.90. The molecule has 2 aromatic rings. The SMILES string of the molecule is Cc1cnc(N[C@H]2CC[C@@H](N(C(N)=O)C3(c4ccc(Cl)cc4)CC3)CC2)nc1N(C)C. The minimum atomic E-state index is -0.332. The lowest BCUT2D eigenvalue weighted by Gasteiger charge is -2.41. The molecular formula is C23H31ClN6O. The summed E-state index contributed by atoms with van der Waals surface area (Å²) in [7, 11) is 3.97. The normalized spacial score (nSPS) is 21.9. The lowest BCUT2D eigenvalue weighted by atomic mass is 9.88. The molecule has 1 aromatic carbocycles. The van der Waals surface area contributed by atoms with Crippen molar-refractivity contribution in [2.75, 3.05) is 24.3 Å². The number of benzene rings is 1. The molecule has 0 bridgehead atoms. The van der Waals surface area contributed by atoms with Crippen LogP contribution in [0, 0.1) is 6.92 Å². The number of carbonyl (C=O) groups excluding carboxylic acids is 1. The van der Waals surface area contributed by atoms with Crippen LogP contribution in [0.15, 0.2) is 30.5 Å². The molecule has 0 aliphatic heterocycles. The van der Waals surface area contributed by atoms with E-state index in [1.54, 1.807) is 0 Å². The van der Waals surface area contributed by atoms with E-state index in [1.165, 1.54) is 0 Å². The summed E-state index contributed by atoms with van der Waals surface area (Å²) in [6, 6.07) is 7.92. The Labute approximate surface area is 189 Å². The number of nitrogens with one attached hydrogen (secondary N) is 1. The van der Waals surface area contributed by atoms with Crippen molar-refractivity contribution in [3.63, 3.8) is 0 Å². The number of urea groups is 1. The van der Waals surface area contributed by atoms with Gasteiger partial charge in [0.15, 0.2) is 0 Å². The second-order valence-electron chi connectivity index (χ2n) is 8.99. The van der Waals surface area contributed by atoms with Crippen molar-refractivity contribution in [2.45, 2.75) is 63.1 Å². The van der Waals surface area contributed by atoms with E-state index < -0.39 is 0 Å². The Morgan fingerprint density at radius 3 is 2.35 bits per heavy atom. The molecule has 0 unspecified atom stereocenters. The predicted octanol–water partition coefficient (Wildman–Crippen LogP) is 4.30. The highest BCUT2D eigenvalue weighted by molar-refractivity contribution is 6.30. The largest absolute Gasteiger partial charge is 0.362 e. The van der Waals surface area contributed by atoms with Gasteiger partial charge in [-0.05, 0) is 63.1 Å². The first-order chi connectivity index (χ1) is 14.8. The third-order valence-corrected chi connectivity index (χ3v) is 6.82. The van der Waals surface area contributed by atoms with Crippen molar-refractivity contribution in [3.05, 3.63) is 46.6 Å². The maximum Gasteiger partial charge on any atom is 0.315 e. The van der Waals surface area contributed by atoms with Gasteiger partial charge in [-0.25, -0.2) is 9.78 Å². The number of aryl methyl sites for hydroxylation is 1. The van der Waals surface area contributed by atoms with E-state index in [0.717, 1.165) is 55.5 Å². The van der Waals surface area contributed by atoms with Gasteiger partial charge in [-0.15, -0.1) is 0 Å². The van der Waals surface area contributed by atoms with E-state index in [1.807, 2.05) is 61.3 Å². The topological polar surface area (TPSA) is 87.4 Å². The van der Waals surface area contributed by atoms with Crippen LogP contribution >= 0.6 is 11.6 Å². The molecular weight excluding hydrogens is 412 g/mol. The molecule has 2 saturated carbocycles. The third-order valence-electron chi connectivity index (χ3n) is 6.57. The van der Waals surface area contributed by atoms with Crippen LogP contribution in [0.4, 0.5) is 16.6 Å². The maximum absolute atomic E-state index is 12.5. The number of carbonyl (C=O) groups is 1. The monoisotopic (exact) mass is 442 g/mol. The first kappa shape index (κ1) is 21.7. The Hall–Kier alpha value is -2.54. The molecule has 31 heavy (non-hydrogen) atoms. The minimum absolute atomic E-state index is 0.144. The molecule has 1 heterocycles. The van der Waals surface area contributed by atoms with E-state index >= 15 is 0 Å². The number of aromatic nitrogens is 2. The molecule has 0 radical (unpaired) electrons. The zero-order chi connectivity index (χ0) is 22.2. The molecule has 3 N–H and O–H groups in total.